The first-order valence-electron chi connectivity index (χ1n) is 7.43. The number of aliphatic hydroxyl groups is 1. The van der Waals surface area contributed by atoms with Crippen LogP contribution in [-0.4, -0.2) is 35.1 Å². The lowest BCUT2D eigenvalue weighted by Gasteiger charge is -2.26. The Balaban J connectivity index is 2.70. The summed E-state index contributed by atoms with van der Waals surface area (Å²) in [5.74, 6) is 4.72. The predicted molar refractivity (Wildman–Crippen MR) is 84.4 cm³/mol. The van der Waals surface area contributed by atoms with Gasteiger partial charge in [0.15, 0.2) is 0 Å². The van der Waals surface area contributed by atoms with Crippen LogP contribution in [0.4, 0.5) is 0 Å². The number of nitrogens with zero attached hydrogens (tertiary/aromatic N) is 1. The van der Waals surface area contributed by atoms with Gasteiger partial charge in [0.2, 0.25) is 5.91 Å². The molecule has 1 rings (SSSR count). The first-order valence-corrected chi connectivity index (χ1v) is 7.43. The quantitative estimate of drug-likeness (QED) is 0.384. The molecule has 0 saturated carbocycles. The Kier molecular flexibility index (Phi) is 7.36. The smallest absolute Gasteiger partial charge is 0.241 e. The normalized spacial score (nSPS) is 12.7. The molecule has 1 atom stereocenters. The number of hydrazine groups is 1. The molecule has 0 aliphatic carbocycles. The topological polar surface area (TPSA) is 78.6 Å². The van der Waals surface area contributed by atoms with E-state index >= 15 is 0 Å². The van der Waals surface area contributed by atoms with Crippen LogP contribution in [0.5, 0.6) is 0 Å². The van der Waals surface area contributed by atoms with Crippen LogP contribution in [0, 0.1) is 0 Å². The monoisotopic (exact) mass is 293 g/mol. The van der Waals surface area contributed by atoms with Crippen molar-refractivity contribution >= 4 is 5.91 Å². The van der Waals surface area contributed by atoms with E-state index in [1.165, 1.54) is 5.56 Å². The summed E-state index contributed by atoms with van der Waals surface area (Å²) < 4.78 is 0. The number of carbonyl (C=O) groups is 1. The molecule has 0 radical (unpaired) electrons. The molecule has 0 aromatic heterocycles. The Bertz CT molecular complexity index is 432. The summed E-state index contributed by atoms with van der Waals surface area (Å²) in [6.07, 6.45) is 0.782. The lowest BCUT2D eigenvalue weighted by molar-refractivity contribution is -0.122. The molecule has 0 aliphatic heterocycles. The summed E-state index contributed by atoms with van der Waals surface area (Å²) in [7, 11) is 0. The van der Waals surface area contributed by atoms with Crippen LogP contribution < -0.4 is 11.3 Å². The maximum Gasteiger partial charge on any atom is 0.241 e. The fourth-order valence-corrected chi connectivity index (χ4v) is 2.22. The number of carbonyl (C=O) groups excluding carboxylic acids is 1. The maximum absolute atomic E-state index is 11.5. The number of amides is 1. The van der Waals surface area contributed by atoms with Crippen molar-refractivity contribution in [1.29, 1.82) is 0 Å². The van der Waals surface area contributed by atoms with E-state index in [1.807, 2.05) is 31.2 Å². The van der Waals surface area contributed by atoms with Crippen molar-refractivity contribution in [2.24, 2.45) is 5.84 Å². The number of hydrogen-bond acceptors (Lipinski definition) is 4. The van der Waals surface area contributed by atoms with Gasteiger partial charge in [-0.15, -0.1) is 0 Å². The summed E-state index contributed by atoms with van der Waals surface area (Å²) in [4.78, 5) is 13.8. The molecule has 5 nitrogen and oxygen atoms in total. The van der Waals surface area contributed by atoms with E-state index < -0.39 is 0 Å². The Morgan fingerprint density at radius 1 is 1.29 bits per heavy atom. The van der Waals surface area contributed by atoms with Gasteiger partial charge in [-0.2, -0.15) is 0 Å². The van der Waals surface area contributed by atoms with Gasteiger partial charge >= 0.3 is 0 Å². The summed E-state index contributed by atoms with van der Waals surface area (Å²) in [5, 5.41) is 8.96. The van der Waals surface area contributed by atoms with Gasteiger partial charge < -0.3 is 5.11 Å². The molecule has 1 aromatic rings. The van der Waals surface area contributed by atoms with Crippen LogP contribution in [0.2, 0.25) is 0 Å². The number of benzene rings is 1. The molecule has 4 N–H and O–H groups in total. The predicted octanol–water partition coefficient (Wildman–Crippen LogP) is 1.37. The summed E-state index contributed by atoms with van der Waals surface area (Å²) in [6.45, 7) is 8.07. The fraction of sp³-hybridized carbons (Fsp3) is 0.562. The van der Waals surface area contributed by atoms with Gasteiger partial charge in [0.25, 0.3) is 0 Å². The molecule has 0 saturated heterocycles. The van der Waals surface area contributed by atoms with Gasteiger partial charge in [-0.05, 0) is 38.3 Å². The zero-order valence-electron chi connectivity index (χ0n) is 13.2. The van der Waals surface area contributed by atoms with Crippen LogP contribution in [0.1, 0.15) is 44.2 Å². The molecule has 0 bridgehead atoms. The number of nitrogens with two attached hydrogens (primary N) is 1. The second-order valence-electron chi connectivity index (χ2n) is 5.61. The average Bonchev–Trinajstić information content (AvgIpc) is 2.50. The highest BCUT2D eigenvalue weighted by atomic mass is 16.3. The molecule has 0 spiro atoms. The van der Waals surface area contributed by atoms with Crippen LogP contribution in [-0.2, 0) is 11.3 Å². The molecule has 118 valence electrons. The standard InChI is InChI=1S/C16H27N3O2/c1-12(2)19(9-4-10-20)11-14-5-7-15(8-6-14)13(3)16(21)18-17/h5-8,12-13,20H,4,9-11,17H2,1-3H3,(H,18,21). The Morgan fingerprint density at radius 3 is 2.38 bits per heavy atom. The van der Waals surface area contributed by atoms with Crippen LogP contribution in [0.3, 0.4) is 0 Å². The number of hydrogen-bond donors (Lipinski definition) is 3. The highest BCUT2D eigenvalue weighted by molar-refractivity contribution is 5.82. The van der Waals surface area contributed by atoms with Crippen LogP contribution in [0.15, 0.2) is 24.3 Å². The lowest BCUT2D eigenvalue weighted by atomic mass is 9.99. The fourth-order valence-electron chi connectivity index (χ4n) is 2.22. The first-order chi connectivity index (χ1) is 9.99. The number of rotatable bonds is 8. The van der Waals surface area contributed by atoms with E-state index in [0.717, 1.165) is 25.1 Å². The molecule has 0 aliphatic rings. The molecule has 21 heavy (non-hydrogen) atoms. The third-order valence-electron chi connectivity index (χ3n) is 3.73. The molecule has 5 heteroatoms. The maximum atomic E-state index is 11.5. The van der Waals surface area contributed by atoms with Gasteiger partial charge in [0, 0.05) is 25.7 Å². The van der Waals surface area contributed by atoms with Gasteiger partial charge in [-0.1, -0.05) is 24.3 Å². The second kappa shape index (κ2) is 8.77. The van der Waals surface area contributed by atoms with Crippen molar-refractivity contribution in [3.63, 3.8) is 0 Å². The van der Waals surface area contributed by atoms with Crippen molar-refractivity contribution in [2.75, 3.05) is 13.2 Å². The van der Waals surface area contributed by atoms with Crippen molar-refractivity contribution in [2.45, 2.75) is 45.7 Å². The minimum absolute atomic E-state index is 0.186. The van der Waals surface area contributed by atoms with Crippen molar-refractivity contribution in [3.8, 4) is 0 Å². The summed E-state index contributed by atoms with van der Waals surface area (Å²) in [5.41, 5.74) is 4.33. The van der Waals surface area contributed by atoms with Gasteiger partial charge in [0.05, 0.1) is 5.92 Å². The Morgan fingerprint density at radius 2 is 1.90 bits per heavy atom. The van der Waals surface area contributed by atoms with E-state index in [9.17, 15) is 4.79 Å². The lowest BCUT2D eigenvalue weighted by Crippen LogP contribution is -2.33. The first kappa shape index (κ1) is 17.6. The second-order valence-corrected chi connectivity index (χ2v) is 5.61. The molecule has 1 amide bonds. The Hall–Kier alpha value is -1.43. The molecular weight excluding hydrogens is 266 g/mol. The minimum atomic E-state index is -0.250. The largest absolute Gasteiger partial charge is 0.396 e. The van der Waals surface area contributed by atoms with Gasteiger partial charge in [-0.25, -0.2) is 5.84 Å². The van der Waals surface area contributed by atoms with Gasteiger partial charge in [-0.3, -0.25) is 15.1 Å². The SMILES string of the molecule is CC(C(=O)NN)c1ccc(CN(CCCO)C(C)C)cc1. The molecule has 0 heterocycles. The highest BCUT2D eigenvalue weighted by Crippen LogP contribution is 2.17. The van der Waals surface area contributed by atoms with E-state index in [2.05, 4.69) is 24.2 Å². The van der Waals surface area contributed by atoms with Gasteiger partial charge in [0.1, 0.15) is 0 Å². The van der Waals surface area contributed by atoms with Crippen LogP contribution >= 0.6 is 0 Å². The molecular formula is C16H27N3O2. The van der Waals surface area contributed by atoms with Crippen molar-refractivity contribution in [3.05, 3.63) is 35.4 Å². The van der Waals surface area contributed by atoms with E-state index in [1.54, 1.807) is 0 Å². The summed E-state index contributed by atoms with van der Waals surface area (Å²) in [6, 6.07) is 8.46. The minimum Gasteiger partial charge on any atom is -0.396 e. The van der Waals surface area contributed by atoms with Crippen molar-refractivity contribution < 1.29 is 9.90 Å². The van der Waals surface area contributed by atoms with E-state index in [4.69, 9.17) is 10.9 Å². The third-order valence-corrected chi connectivity index (χ3v) is 3.73. The number of aliphatic hydroxyl groups excluding tert-OH is 1. The van der Waals surface area contributed by atoms with Crippen molar-refractivity contribution in [1.82, 2.24) is 10.3 Å². The molecule has 1 unspecified atom stereocenters. The summed E-state index contributed by atoms with van der Waals surface area (Å²) >= 11 is 0. The Labute approximate surface area is 127 Å². The van der Waals surface area contributed by atoms with Crippen LogP contribution in [0.25, 0.3) is 0 Å². The molecule has 0 fully saturated rings. The molecule has 1 aromatic carbocycles. The third kappa shape index (κ3) is 5.46. The zero-order valence-corrected chi connectivity index (χ0v) is 13.2. The number of nitrogens with one attached hydrogen (secondary N) is 1. The highest BCUT2D eigenvalue weighted by Gasteiger charge is 2.14. The zero-order chi connectivity index (χ0) is 15.8. The van der Waals surface area contributed by atoms with E-state index in [-0.39, 0.29) is 18.4 Å². The average molecular weight is 293 g/mol. The van der Waals surface area contributed by atoms with E-state index in [0.29, 0.717) is 6.04 Å².